The molecule has 2 unspecified atom stereocenters. The number of halogens is 3. The van der Waals surface area contributed by atoms with Crippen molar-refractivity contribution in [3.05, 3.63) is 47.2 Å². The van der Waals surface area contributed by atoms with Crippen molar-refractivity contribution in [2.24, 2.45) is 0 Å². The zero-order chi connectivity index (χ0) is 25.2. The zero-order valence-electron chi connectivity index (χ0n) is 20.1. The highest BCUT2D eigenvalue weighted by molar-refractivity contribution is 5.75. The van der Waals surface area contributed by atoms with E-state index in [2.05, 4.69) is 10.2 Å². The van der Waals surface area contributed by atoms with Gasteiger partial charge in [-0.05, 0) is 44.2 Å². The topological polar surface area (TPSA) is 81.7 Å². The van der Waals surface area contributed by atoms with Crippen LogP contribution in [0.15, 0.2) is 30.3 Å². The number of rotatable bonds is 5. The number of hydrogen-bond donors (Lipinski definition) is 2. The number of benzene rings is 1. The summed E-state index contributed by atoms with van der Waals surface area (Å²) >= 11 is 0. The molecule has 0 spiro atoms. The van der Waals surface area contributed by atoms with Crippen LogP contribution >= 0.6 is 0 Å². The number of likely N-dealkylation sites (tertiary alicyclic amines) is 2. The molecule has 2 amide bonds. The van der Waals surface area contributed by atoms with E-state index in [0.717, 1.165) is 17.7 Å². The third kappa shape index (κ3) is 6.68. The Morgan fingerprint density at radius 2 is 1.80 bits per heavy atom. The summed E-state index contributed by atoms with van der Waals surface area (Å²) in [5.41, 5.74) is 1.99. The van der Waals surface area contributed by atoms with Crippen molar-refractivity contribution in [3.63, 3.8) is 0 Å². The number of aromatic nitrogens is 2. The number of aromatic amines is 1. The van der Waals surface area contributed by atoms with Crippen molar-refractivity contribution in [1.82, 2.24) is 20.0 Å². The summed E-state index contributed by atoms with van der Waals surface area (Å²) < 4.78 is 44.0. The van der Waals surface area contributed by atoms with Crippen molar-refractivity contribution in [3.8, 4) is 5.88 Å². The van der Waals surface area contributed by atoms with Crippen LogP contribution in [0.25, 0.3) is 0 Å². The summed E-state index contributed by atoms with van der Waals surface area (Å²) in [5.74, 6) is 0.433. The Bertz CT molecular complexity index is 985. The molecule has 192 valence electrons. The van der Waals surface area contributed by atoms with Gasteiger partial charge >= 0.3 is 12.2 Å². The summed E-state index contributed by atoms with van der Waals surface area (Å²) in [7, 11) is 0. The van der Waals surface area contributed by atoms with Crippen LogP contribution in [0.5, 0.6) is 5.88 Å². The molecule has 35 heavy (non-hydrogen) atoms. The largest absolute Gasteiger partial charge is 0.474 e. The van der Waals surface area contributed by atoms with Gasteiger partial charge in [0.15, 0.2) is 0 Å². The average Bonchev–Trinajstić information content (AvgIpc) is 3.26. The number of piperidine rings is 2. The molecule has 0 radical (unpaired) electrons. The minimum Gasteiger partial charge on any atom is -0.474 e. The highest BCUT2D eigenvalue weighted by atomic mass is 19.4. The van der Waals surface area contributed by atoms with Gasteiger partial charge in [-0.15, -0.1) is 5.10 Å². The van der Waals surface area contributed by atoms with Gasteiger partial charge in [-0.1, -0.05) is 24.3 Å². The average molecular weight is 495 g/mol. The first-order valence-electron chi connectivity index (χ1n) is 12.2. The summed E-state index contributed by atoms with van der Waals surface area (Å²) in [5, 5.41) is 17.1. The molecule has 2 N–H and O–H groups in total. The minimum absolute atomic E-state index is 0.0204. The number of carbonyl (C=O) groups is 1. The van der Waals surface area contributed by atoms with Gasteiger partial charge in [0.25, 0.3) is 0 Å². The van der Waals surface area contributed by atoms with Crippen LogP contribution in [0.4, 0.5) is 18.0 Å². The number of urea groups is 1. The lowest BCUT2D eigenvalue weighted by Gasteiger charge is -2.41. The van der Waals surface area contributed by atoms with Crippen molar-refractivity contribution in [1.29, 1.82) is 0 Å². The van der Waals surface area contributed by atoms with Crippen LogP contribution in [0.3, 0.4) is 0 Å². The number of alkyl halides is 3. The Hall–Kier alpha value is -2.75. The molecular weight excluding hydrogens is 461 g/mol. The van der Waals surface area contributed by atoms with E-state index in [1.807, 2.05) is 24.8 Å². The number of carbonyl (C=O) groups excluding carboxylic acids is 1. The Morgan fingerprint density at radius 3 is 2.43 bits per heavy atom. The van der Waals surface area contributed by atoms with E-state index in [1.54, 1.807) is 17.0 Å². The number of nitrogens with zero attached hydrogens (tertiary/aromatic N) is 3. The Labute approximate surface area is 203 Å². The molecule has 3 heterocycles. The van der Waals surface area contributed by atoms with Crippen LogP contribution in [-0.2, 0) is 6.42 Å². The lowest BCUT2D eigenvalue weighted by atomic mass is 9.83. The maximum absolute atomic E-state index is 13.4. The molecule has 10 heteroatoms. The lowest BCUT2D eigenvalue weighted by molar-refractivity contribution is -0.127. The van der Waals surface area contributed by atoms with E-state index in [4.69, 9.17) is 4.74 Å². The number of nitrogens with one attached hydrogen (secondary N) is 1. The molecule has 0 bridgehead atoms. The van der Waals surface area contributed by atoms with E-state index >= 15 is 0 Å². The first-order valence-corrected chi connectivity index (χ1v) is 12.2. The van der Waals surface area contributed by atoms with Crippen molar-refractivity contribution in [2.45, 2.75) is 69.8 Å². The second kappa shape index (κ2) is 10.5. The number of aliphatic hydroxyl groups excluding tert-OH is 1. The van der Waals surface area contributed by atoms with E-state index in [1.165, 1.54) is 12.1 Å². The third-order valence-corrected chi connectivity index (χ3v) is 6.68. The molecule has 1 aromatic carbocycles. The van der Waals surface area contributed by atoms with Gasteiger partial charge in [0, 0.05) is 49.8 Å². The number of amides is 2. The quantitative estimate of drug-likeness (QED) is 0.644. The van der Waals surface area contributed by atoms with E-state index in [0.29, 0.717) is 44.9 Å². The van der Waals surface area contributed by atoms with Gasteiger partial charge in [-0.3, -0.25) is 5.10 Å². The van der Waals surface area contributed by atoms with Crippen molar-refractivity contribution >= 4 is 6.03 Å². The van der Waals surface area contributed by atoms with Gasteiger partial charge in [0.1, 0.15) is 0 Å². The number of ether oxygens (including phenoxy) is 1. The summed E-state index contributed by atoms with van der Waals surface area (Å²) in [6.45, 7) is 5.84. The fourth-order valence-electron chi connectivity index (χ4n) is 4.95. The summed E-state index contributed by atoms with van der Waals surface area (Å²) in [4.78, 5) is 17.0. The van der Waals surface area contributed by atoms with Crippen molar-refractivity contribution < 1.29 is 27.8 Å². The maximum atomic E-state index is 13.4. The van der Waals surface area contributed by atoms with Gasteiger partial charge in [-0.2, -0.15) is 13.2 Å². The smallest absolute Gasteiger partial charge is 0.393 e. The molecule has 2 saturated heterocycles. The molecule has 2 aliphatic heterocycles. The van der Waals surface area contributed by atoms with Gasteiger partial charge < -0.3 is 19.6 Å². The zero-order valence-corrected chi connectivity index (χ0v) is 20.1. The molecule has 2 fully saturated rings. The fourth-order valence-corrected chi connectivity index (χ4v) is 4.95. The van der Waals surface area contributed by atoms with Crippen LogP contribution in [-0.4, -0.2) is 75.7 Å². The molecule has 4 rings (SSSR count). The highest BCUT2D eigenvalue weighted by Crippen LogP contribution is 2.37. The molecule has 2 aliphatic rings. The van der Waals surface area contributed by atoms with Crippen LogP contribution in [0.1, 0.15) is 61.8 Å². The minimum atomic E-state index is -4.25. The number of aliphatic hydroxyl groups is 1. The molecule has 2 aromatic rings. The Morgan fingerprint density at radius 1 is 1.14 bits per heavy atom. The van der Waals surface area contributed by atoms with Gasteiger partial charge in [0.05, 0.1) is 18.6 Å². The second-order valence-corrected chi connectivity index (χ2v) is 9.90. The number of hydrogen-bond acceptors (Lipinski definition) is 4. The van der Waals surface area contributed by atoms with Gasteiger partial charge in [-0.25, -0.2) is 4.79 Å². The Balaban J connectivity index is 1.54. The van der Waals surface area contributed by atoms with E-state index in [9.17, 15) is 23.1 Å². The molecule has 7 nitrogen and oxygen atoms in total. The first-order chi connectivity index (χ1) is 16.6. The summed E-state index contributed by atoms with van der Waals surface area (Å²) in [6.07, 6.45) is -3.76. The predicted octanol–water partition coefficient (Wildman–Crippen LogP) is 4.45. The van der Waals surface area contributed by atoms with Crippen molar-refractivity contribution in [2.75, 3.05) is 26.2 Å². The van der Waals surface area contributed by atoms with Gasteiger partial charge in [0.2, 0.25) is 5.88 Å². The monoisotopic (exact) mass is 494 g/mol. The highest BCUT2D eigenvalue weighted by Gasteiger charge is 2.35. The molecule has 0 saturated carbocycles. The maximum Gasteiger partial charge on any atom is 0.393 e. The normalized spacial score (nSPS) is 22.0. The fraction of sp³-hybridized carbons (Fsp3) is 0.600. The molecular formula is C25H33F3N4O3. The SMILES string of the molecule is CC(C)Oc1cc(C2CC(c3ccc(CC(F)(F)F)cc3)CN(C(=O)N3CCC(O)CC3)C2)[nH]n1. The van der Waals surface area contributed by atoms with Crippen LogP contribution < -0.4 is 4.74 Å². The Kier molecular flexibility index (Phi) is 7.59. The molecule has 1 aromatic heterocycles. The van der Waals surface area contributed by atoms with Crippen LogP contribution in [0, 0.1) is 0 Å². The van der Waals surface area contributed by atoms with Crippen LogP contribution in [0.2, 0.25) is 0 Å². The molecule has 0 aliphatic carbocycles. The van der Waals surface area contributed by atoms with E-state index < -0.39 is 12.6 Å². The third-order valence-electron chi connectivity index (χ3n) is 6.68. The predicted molar refractivity (Wildman–Crippen MR) is 124 cm³/mol. The standard InChI is InChI=1S/C25H33F3N4O3/c1-16(2)35-23-12-22(29-30-23)20-11-19(18-5-3-17(4-6-18)13-25(26,27)28)14-32(15-20)24(34)31-9-7-21(33)8-10-31/h3-6,12,16,19-21,33H,7-11,13-15H2,1-2H3,(H,29,30). The number of H-pyrrole nitrogens is 1. The molecule has 2 atom stereocenters. The van der Waals surface area contributed by atoms with E-state index in [-0.39, 0.29) is 35.6 Å². The first kappa shape index (κ1) is 25.3. The summed E-state index contributed by atoms with van der Waals surface area (Å²) in [6, 6.07) is 8.32. The lowest BCUT2D eigenvalue weighted by Crippen LogP contribution is -2.51. The second-order valence-electron chi connectivity index (χ2n) is 9.90.